The Bertz CT molecular complexity index is 440. The molecule has 1 saturated carbocycles. The Morgan fingerprint density at radius 3 is 2.95 bits per heavy atom. The Kier molecular flexibility index (Phi) is 4.94. The lowest BCUT2D eigenvalue weighted by atomic mass is 10.0. The summed E-state index contributed by atoms with van der Waals surface area (Å²) in [6.07, 6.45) is 3.65. The van der Waals surface area contributed by atoms with Gasteiger partial charge in [0.2, 0.25) is 5.89 Å². The van der Waals surface area contributed by atoms with Gasteiger partial charge in [-0.3, -0.25) is 0 Å². The number of thioether (sulfide) groups is 2. The molecule has 2 heterocycles. The molecule has 0 bridgehead atoms. The Labute approximate surface area is 129 Å². The van der Waals surface area contributed by atoms with Crippen LogP contribution in [-0.4, -0.2) is 39.5 Å². The number of hydrogen-bond donors (Lipinski definition) is 1. The van der Waals surface area contributed by atoms with Gasteiger partial charge in [-0.15, -0.1) is 11.8 Å². The molecule has 1 aromatic heterocycles. The predicted molar refractivity (Wildman–Crippen MR) is 85.5 cm³/mol. The molecule has 1 aromatic rings. The van der Waals surface area contributed by atoms with Crippen LogP contribution in [0.3, 0.4) is 0 Å². The van der Waals surface area contributed by atoms with E-state index in [1.165, 1.54) is 30.8 Å². The zero-order valence-electron chi connectivity index (χ0n) is 12.2. The van der Waals surface area contributed by atoms with Gasteiger partial charge in [0.15, 0.2) is 5.82 Å². The van der Waals surface area contributed by atoms with Gasteiger partial charge >= 0.3 is 0 Å². The third-order valence-electron chi connectivity index (χ3n) is 4.20. The van der Waals surface area contributed by atoms with Crippen molar-refractivity contribution in [2.24, 2.45) is 0 Å². The summed E-state index contributed by atoms with van der Waals surface area (Å²) in [5.74, 6) is 4.59. The molecule has 4 atom stereocenters. The molecule has 1 saturated heterocycles. The van der Waals surface area contributed by atoms with Gasteiger partial charge in [-0.05, 0) is 19.4 Å². The van der Waals surface area contributed by atoms with Gasteiger partial charge in [-0.25, -0.2) is 0 Å². The second-order valence-corrected chi connectivity index (χ2v) is 8.29. The van der Waals surface area contributed by atoms with Crippen molar-refractivity contribution in [1.29, 1.82) is 0 Å². The molecule has 2 aliphatic rings. The van der Waals surface area contributed by atoms with Crippen molar-refractivity contribution in [3.63, 3.8) is 0 Å². The highest BCUT2D eigenvalue weighted by atomic mass is 32.2. The van der Waals surface area contributed by atoms with Crippen molar-refractivity contribution in [3.8, 4) is 0 Å². The van der Waals surface area contributed by atoms with Gasteiger partial charge in [-0.1, -0.05) is 25.4 Å². The molecule has 0 radical (unpaired) electrons. The standard InChI is InChI=1S/C14H23N3OS2/c1-3-15-11-6-4-5-10(11)14-16-13(17-18-14)12-9(2)19-7-8-20-12/h9-12,15H,3-8H2,1-2H3. The summed E-state index contributed by atoms with van der Waals surface area (Å²) in [5, 5.41) is 8.80. The molecule has 0 spiro atoms. The van der Waals surface area contributed by atoms with Crippen molar-refractivity contribution in [2.75, 3.05) is 18.1 Å². The van der Waals surface area contributed by atoms with Crippen molar-refractivity contribution >= 4 is 23.5 Å². The van der Waals surface area contributed by atoms with Crippen LogP contribution in [0, 0.1) is 0 Å². The maximum Gasteiger partial charge on any atom is 0.231 e. The van der Waals surface area contributed by atoms with Crippen LogP contribution in [0.1, 0.15) is 56.0 Å². The zero-order chi connectivity index (χ0) is 13.9. The van der Waals surface area contributed by atoms with E-state index in [4.69, 9.17) is 9.51 Å². The van der Waals surface area contributed by atoms with Crippen LogP contribution in [0.25, 0.3) is 0 Å². The Morgan fingerprint density at radius 2 is 2.15 bits per heavy atom. The van der Waals surface area contributed by atoms with E-state index in [1.54, 1.807) is 0 Å². The van der Waals surface area contributed by atoms with E-state index < -0.39 is 0 Å². The molecule has 4 nitrogen and oxygen atoms in total. The second kappa shape index (κ2) is 6.71. The zero-order valence-corrected chi connectivity index (χ0v) is 13.8. The average Bonchev–Trinajstić information content (AvgIpc) is 3.08. The lowest BCUT2D eigenvalue weighted by molar-refractivity contribution is 0.329. The van der Waals surface area contributed by atoms with E-state index in [2.05, 4.69) is 24.3 Å². The fourth-order valence-corrected chi connectivity index (χ4v) is 5.87. The lowest BCUT2D eigenvalue weighted by Crippen LogP contribution is -2.31. The number of hydrogen-bond acceptors (Lipinski definition) is 6. The Hall–Kier alpha value is -0.200. The number of aromatic nitrogens is 2. The normalized spacial score (nSPS) is 34.5. The Morgan fingerprint density at radius 1 is 1.30 bits per heavy atom. The molecule has 2 fully saturated rings. The first-order valence-electron chi connectivity index (χ1n) is 7.59. The van der Waals surface area contributed by atoms with E-state index in [-0.39, 0.29) is 0 Å². The molecule has 1 N–H and O–H groups in total. The fourth-order valence-electron chi connectivity index (χ4n) is 3.19. The van der Waals surface area contributed by atoms with E-state index in [1.807, 2.05) is 23.5 Å². The summed E-state index contributed by atoms with van der Waals surface area (Å²) in [4.78, 5) is 4.75. The predicted octanol–water partition coefficient (Wildman–Crippen LogP) is 3.22. The van der Waals surface area contributed by atoms with Crippen molar-refractivity contribution in [1.82, 2.24) is 15.5 Å². The average molecular weight is 313 g/mol. The largest absolute Gasteiger partial charge is 0.339 e. The van der Waals surface area contributed by atoms with Crippen LogP contribution in [0.4, 0.5) is 0 Å². The van der Waals surface area contributed by atoms with Gasteiger partial charge in [0.1, 0.15) is 0 Å². The number of nitrogens with one attached hydrogen (secondary N) is 1. The summed E-state index contributed by atoms with van der Waals surface area (Å²) in [5.41, 5.74) is 0. The SMILES string of the molecule is CCNC1CCCC1c1nc(C2SCCSC2C)no1. The number of rotatable bonds is 4. The van der Waals surface area contributed by atoms with Gasteiger partial charge in [0.25, 0.3) is 0 Å². The second-order valence-electron chi connectivity index (χ2n) is 5.56. The minimum Gasteiger partial charge on any atom is -0.339 e. The van der Waals surface area contributed by atoms with Gasteiger partial charge < -0.3 is 9.84 Å². The minimum atomic E-state index is 0.394. The van der Waals surface area contributed by atoms with Gasteiger partial charge in [0.05, 0.1) is 11.2 Å². The highest BCUT2D eigenvalue weighted by Crippen LogP contribution is 2.42. The summed E-state index contributed by atoms with van der Waals surface area (Å²) in [6, 6.07) is 0.513. The molecule has 0 amide bonds. The van der Waals surface area contributed by atoms with Crippen molar-refractivity contribution < 1.29 is 4.52 Å². The smallest absolute Gasteiger partial charge is 0.231 e. The summed E-state index contributed by atoms with van der Waals surface area (Å²) < 4.78 is 5.60. The van der Waals surface area contributed by atoms with E-state index >= 15 is 0 Å². The molecule has 1 aliphatic heterocycles. The first-order chi connectivity index (χ1) is 9.79. The van der Waals surface area contributed by atoms with Crippen LogP contribution in [0.15, 0.2) is 4.52 Å². The molecular weight excluding hydrogens is 290 g/mol. The van der Waals surface area contributed by atoms with Crippen LogP contribution in [-0.2, 0) is 0 Å². The molecule has 6 heteroatoms. The van der Waals surface area contributed by atoms with Gasteiger partial charge in [-0.2, -0.15) is 16.7 Å². The Balaban J connectivity index is 1.72. The van der Waals surface area contributed by atoms with Crippen LogP contribution < -0.4 is 5.32 Å². The first-order valence-corrected chi connectivity index (χ1v) is 9.69. The fraction of sp³-hybridized carbons (Fsp3) is 0.857. The van der Waals surface area contributed by atoms with Crippen molar-refractivity contribution in [2.45, 2.75) is 55.6 Å². The monoisotopic (exact) mass is 313 g/mol. The first kappa shape index (κ1) is 14.7. The summed E-state index contributed by atoms with van der Waals surface area (Å²) in [7, 11) is 0. The third-order valence-corrected chi connectivity index (χ3v) is 7.29. The molecule has 112 valence electrons. The van der Waals surface area contributed by atoms with E-state index in [0.717, 1.165) is 18.3 Å². The van der Waals surface area contributed by atoms with Gasteiger partial charge in [0, 0.05) is 22.8 Å². The molecule has 4 unspecified atom stereocenters. The van der Waals surface area contributed by atoms with Crippen LogP contribution in [0.5, 0.6) is 0 Å². The van der Waals surface area contributed by atoms with Crippen molar-refractivity contribution in [3.05, 3.63) is 11.7 Å². The van der Waals surface area contributed by atoms with Crippen LogP contribution in [0.2, 0.25) is 0 Å². The summed E-state index contributed by atoms with van der Waals surface area (Å²) in [6.45, 7) is 5.44. The molecule has 0 aromatic carbocycles. The maximum atomic E-state index is 5.60. The quantitative estimate of drug-likeness (QED) is 0.921. The van der Waals surface area contributed by atoms with E-state index in [9.17, 15) is 0 Å². The number of nitrogens with zero attached hydrogens (tertiary/aromatic N) is 2. The molecular formula is C14H23N3OS2. The minimum absolute atomic E-state index is 0.394. The summed E-state index contributed by atoms with van der Waals surface area (Å²) >= 11 is 3.99. The molecule has 3 rings (SSSR count). The number of likely N-dealkylation sites (N-methyl/N-ethyl adjacent to an activating group) is 1. The third kappa shape index (κ3) is 3.02. The van der Waals surface area contributed by atoms with Crippen LogP contribution >= 0.6 is 23.5 Å². The van der Waals surface area contributed by atoms with E-state index in [0.29, 0.717) is 22.5 Å². The maximum absolute atomic E-state index is 5.60. The highest BCUT2D eigenvalue weighted by Gasteiger charge is 2.34. The molecule has 1 aliphatic carbocycles. The molecule has 20 heavy (non-hydrogen) atoms. The highest BCUT2D eigenvalue weighted by molar-refractivity contribution is 8.06. The topological polar surface area (TPSA) is 51.0 Å². The lowest BCUT2D eigenvalue weighted by Gasteiger charge is -2.24.